The van der Waals surface area contributed by atoms with Crippen molar-refractivity contribution in [3.8, 4) is 0 Å². The van der Waals surface area contributed by atoms with Gasteiger partial charge < -0.3 is 9.80 Å². The minimum Gasteiger partial charge on any atom is -0.345 e. The summed E-state index contributed by atoms with van der Waals surface area (Å²) in [5, 5.41) is 3.46. The molecule has 3 unspecified atom stereocenters. The molecule has 3 atom stereocenters. The van der Waals surface area contributed by atoms with Crippen LogP contribution in [0.4, 0.5) is 0 Å². The lowest BCUT2D eigenvalue weighted by atomic mass is 9.64. The van der Waals surface area contributed by atoms with Gasteiger partial charge in [-0.05, 0) is 43.4 Å². The average Bonchev–Trinajstić information content (AvgIpc) is 3.02. The highest BCUT2D eigenvalue weighted by atomic mass is 16.2. The van der Waals surface area contributed by atoms with Gasteiger partial charge in [0.1, 0.15) is 6.54 Å². The van der Waals surface area contributed by atoms with Crippen molar-refractivity contribution in [3.63, 3.8) is 0 Å². The summed E-state index contributed by atoms with van der Waals surface area (Å²) in [6.07, 6.45) is 3.89. The number of likely N-dealkylation sites (N-methyl/N-ethyl adjacent to an activating group) is 1. The number of carbonyl (C=O) groups excluding carboxylic acids is 1. The number of rotatable bonds is 5. The van der Waals surface area contributed by atoms with Crippen molar-refractivity contribution in [2.75, 3.05) is 20.6 Å². The first-order chi connectivity index (χ1) is 11.1. The molecule has 0 spiro atoms. The number of hydrogen-bond donors (Lipinski definition) is 1. The normalized spacial score (nSPS) is 31.2. The predicted molar refractivity (Wildman–Crippen MR) is 98.3 cm³/mol. The third-order valence-corrected chi connectivity index (χ3v) is 7.03. The van der Waals surface area contributed by atoms with Gasteiger partial charge in [-0.15, -0.1) is 0 Å². The van der Waals surface area contributed by atoms with Gasteiger partial charge in [-0.3, -0.25) is 4.79 Å². The molecule has 0 saturated heterocycles. The molecule has 1 amide bonds. The maximum absolute atomic E-state index is 12.8. The molecule has 1 aromatic carbocycles. The molecule has 0 aliphatic heterocycles. The van der Waals surface area contributed by atoms with Crippen molar-refractivity contribution in [1.82, 2.24) is 5.32 Å². The van der Waals surface area contributed by atoms with Crippen molar-refractivity contribution in [1.29, 1.82) is 0 Å². The SMILES string of the molecule is CC1(C)C2CCC(C2)C1(C)NC(=O)C[N+](C)(C)Cc1ccccc1. The van der Waals surface area contributed by atoms with Crippen LogP contribution in [-0.4, -0.2) is 36.6 Å². The highest BCUT2D eigenvalue weighted by molar-refractivity contribution is 5.78. The van der Waals surface area contributed by atoms with Crippen LogP contribution in [0.1, 0.15) is 45.6 Å². The lowest BCUT2D eigenvalue weighted by Gasteiger charge is -2.48. The topological polar surface area (TPSA) is 29.1 Å². The van der Waals surface area contributed by atoms with Crippen molar-refractivity contribution < 1.29 is 9.28 Å². The highest BCUT2D eigenvalue weighted by Crippen LogP contribution is 2.61. The standard InChI is InChI=1S/C21H32N2O/c1-20(2)17-11-12-18(13-17)21(20,3)22-19(24)15-23(4,5)14-16-9-7-6-8-10-16/h6-10,17-18H,11-15H2,1-5H3/p+1. The summed E-state index contributed by atoms with van der Waals surface area (Å²) in [6, 6.07) is 10.4. The number of carbonyl (C=O) groups is 1. The zero-order valence-corrected chi connectivity index (χ0v) is 15.9. The Morgan fingerprint density at radius 2 is 1.75 bits per heavy atom. The second kappa shape index (κ2) is 5.87. The zero-order valence-electron chi connectivity index (χ0n) is 15.9. The summed E-state index contributed by atoms with van der Waals surface area (Å²) in [5.41, 5.74) is 1.42. The molecule has 24 heavy (non-hydrogen) atoms. The molecule has 3 nitrogen and oxygen atoms in total. The number of benzene rings is 1. The number of nitrogens with zero attached hydrogens (tertiary/aromatic N) is 1. The Labute approximate surface area is 147 Å². The summed E-state index contributed by atoms with van der Waals surface area (Å²) >= 11 is 0. The number of fused-ring (bicyclic) bond motifs is 2. The maximum atomic E-state index is 12.8. The minimum absolute atomic E-state index is 0.0558. The quantitative estimate of drug-likeness (QED) is 0.822. The van der Waals surface area contributed by atoms with Gasteiger partial charge in [0, 0.05) is 11.1 Å². The van der Waals surface area contributed by atoms with Crippen LogP contribution >= 0.6 is 0 Å². The fraction of sp³-hybridized carbons (Fsp3) is 0.667. The Morgan fingerprint density at radius 3 is 2.33 bits per heavy atom. The Bertz CT molecular complexity index is 608. The van der Waals surface area contributed by atoms with E-state index in [-0.39, 0.29) is 16.9 Å². The first-order valence-electron chi connectivity index (χ1n) is 9.31. The monoisotopic (exact) mass is 329 g/mol. The summed E-state index contributed by atoms with van der Waals surface area (Å²) in [6.45, 7) is 8.38. The van der Waals surface area contributed by atoms with E-state index in [0.717, 1.165) is 12.5 Å². The van der Waals surface area contributed by atoms with Crippen molar-refractivity contribution in [3.05, 3.63) is 35.9 Å². The number of amides is 1. The van der Waals surface area contributed by atoms with Crippen molar-refractivity contribution in [2.45, 2.75) is 52.1 Å². The Kier molecular flexibility index (Phi) is 4.28. The summed E-state index contributed by atoms with van der Waals surface area (Å²) < 4.78 is 0.681. The van der Waals surface area contributed by atoms with E-state index in [9.17, 15) is 4.79 Å². The molecule has 2 bridgehead atoms. The molecule has 1 aromatic rings. The number of hydrogen-bond acceptors (Lipinski definition) is 1. The van der Waals surface area contributed by atoms with Gasteiger partial charge in [0.05, 0.1) is 14.1 Å². The van der Waals surface area contributed by atoms with Gasteiger partial charge in [0.2, 0.25) is 0 Å². The predicted octanol–water partition coefficient (Wildman–Crippen LogP) is 3.59. The molecule has 0 radical (unpaired) electrons. The van der Waals surface area contributed by atoms with Crippen molar-refractivity contribution in [2.24, 2.45) is 17.3 Å². The third kappa shape index (κ3) is 2.99. The molecule has 2 saturated carbocycles. The van der Waals surface area contributed by atoms with E-state index in [0.29, 0.717) is 16.9 Å². The first kappa shape index (κ1) is 17.5. The van der Waals surface area contributed by atoms with Gasteiger partial charge in [-0.25, -0.2) is 0 Å². The van der Waals surface area contributed by atoms with Crippen LogP contribution in [-0.2, 0) is 11.3 Å². The van der Waals surface area contributed by atoms with E-state index in [1.54, 1.807) is 0 Å². The molecule has 1 N–H and O–H groups in total. The third-order valence-electron chi connectivity index (χ3n) is 7.03. The second-order valence-corrected chi connectivity index (χ2v) is 9.42. The van der Waals surface area contributed by atoms with E-state index in [1.165, 1.54) is 24.8 Å². The van der Waals surface area contributed by atoms with Crippen LogP contribution < -0.4 is 5.32 Å². The average molecular weight is 330 g/mol. The fourth-order valence-corrected chi connectivity index (χ4v) is 5.23. The van der Waals surface area contributed by atoms with Crippen LogP contribution in [0, 0.1) is 17.3 Å². The summed E-state index contributed by atoms with van der Waals surface area (Å²) in [4.78, 5) is 12.8. The van der Waals surface area contributed by atoms with Crippen LogP contribution in [0.5, 0.6) is 0 Å². The molecular weight excluding hydrogens is 296 g/mol. The van der Waals surface area contributed by atoms with Gasteiger partial charge in [-0.2, -0.15) is 0 Å². The van der Waals surface area contributed by atoms with E-state index in [2.05, 4.69) is 64.4 Å². The lowest BCUT2D eigenvalue weighted by molar-refractivity contribution is -0.895. The van der Waals surface area contributed by atoms with Crippen LogP contribution in [0.25, 0.3) is 0 Å². The van der Waals surface area contributed by atoms with Crippen molar-refractivity contribution >= 4 is 5.91 Å². The molecule has 2 fully saturated rings. The molecule has 3 heteroatoms. The smallest absolute Gasteiger partial charge is 0.275 e. The van der Waals surface area contributed by atoms with Crippen LogP contribution in [0.15, 0.2) is 30.3 Å². The van der Waals surface area contributed by atoms with Gasteiger partial charge in [-0.1, -0.05) is 44.2 Å². The number of nitrogens with one attached hydrogen (secondary N) is 1. The number of quaternary nitrogens is 1. The molecule has 2 aliphatic rings. The van der Waals surface area contributed by atoms with Crippen LogP contribution in [0.3, 0.4) is 0 Å². The second-order valence-electron chi connectivity index (χ2n) is 9.42. The molecule has 0 heterocycles. The maximum Gasteiger partial charge on any atom is 0.275 e. The molecule has 0 aromatic heterocycles. The van der Waals surface area contributed by atoms with E-state index in [1.807, 2.05) is 6.07 Å². The Morgan fingerprint density at radius 1 is 1.12 bits per heavy atom. The van der Waals surface area contributed by atoms with E-state index >= 15 is 0 Å². The minimum atomic E-state index is -0.0558. The fourth-order valence-electron chi connectivity index (χ4n) is 5.23. The zero-order chi connectivity index (χ0) is 17.6. The molecule has 2 aliphatic carbocycles. The van der Waals surface area contributed by atoms with Gasteiger partial charge in [0.15, 0.2) is 6.54 Å². The van der Waals surface area contributed by atoms with Gasteiger partial charge in [0.25, 0.3) is 5.91 Å². The lowest BCUT2D eigenvalue weighted by Crippen LogP contribution is -2.61. The molecule has 3 rings (SSSR count). The Hall–Kier alpha value is -1.35. The van der Waals surface area contributed by atoms with Crippen LogP contribution in [0.2, 0.25) is 0 Å². The summed E-state index contributed by atoms with van der Waals surface area (Å²) in [7, 11) is 4.28. The van der Waals surface area contributed by atoms with E-state index < -0.39 is 0 Å². The largest absolute Gasteiger partial charge is 0.345 e. The highest BCUT2D eigenvalue weighted by Gasteiger charge is 2.61. The molecular formula is C21H33N2O+. The Balaban J connectivity index is 1.65. The first-order valence-corrected chi connectivity index (χ1v) is 9.31. The summed E-state index contributed by atoms with van der Waals surface area (Å²) in [5.74, 6) is 1.60. The van der Waals surface area contributed by atoms with Gasteiger partial charge >= 0.3 is 0 Å². The van der Waals surface area contributed by atoms with E-state index in [4.69, 9.17) is 0 Å². The molecule has 132 valence electrons.